The summed E-state index contributed by atoms with van der Waals surface area (Å²) in [6.07, 6.45) is 0. The van der Waals surface area contributed by atoms with E-state index in [-0.39, 0.29) is 18.0 Å². The molecule has 1 aromatic carbocycles. The van der Waals surface area contributed by atoms with Crippen molar-refractivity contribution in [2.75, 3.05) is 26.2 Å². The molecule has 1 aliphatic heterocycles. The van der Waals surface area contributed by atoms with Crippen LogP contribution in [0.25, 0.3) is 0 Å². The van der Waals surface area contributed by atoms with Crippen LogP contribution >= 0.6 is 35.3 Å². The van der Waals surface area contributed by atoms with Gasteiger partial charge >= 0.3 is 0 Å². The Kier molecular flexibility index (Phi) is 6.17. The molecule has 0 bridgehead atoms. The molecule has 1 atom stereocenters. The predicted molar refractivity (Wildman–Crippen MR) is 89.2 cm³/mol. The maximum Gasteiger partial charge on any atom is 0.131 e. The molecule has 0 amide bonds. The second-order valence-corrected chi connectivity index (χ2v) is 6.71. The van der Waals surface area contributed by atoms with E-state index in [4.69, 9.17) is 11.6 Å². The lowest BCUT2D eigenvalue weighted by molar-refractivity contribution is 0.194. The highest BCUT2D eigenvalue weighted by Gasteiger charge is 2.29. The number of hydrogen-bond acceptors (Lipinski definition) is 3. The summed E-state index contributed by atoms with van der Waals surface area (Å²) in [6, 6.07) is 7.21. The van der Waals surface area contributed by atoms with Crippen molar-refractivity contribution in [2.45, 2.75) is 6.04 Å². The SMILES string of the molecule is Cl.Fc1cccc(F)c1[C@H](c1ccc(Cl)s1)N1CCNCC1. The van der Waals surface area contributed by atoms with E-state index in [0.717, 1.165) is 31.1 Å². The summed E-state index contributed by atoms with van der Waals surface area (Å²) in [5.41, 5.74) is 0.109. The first-order chi connectivity index (χ1) is 10.2. The summed E-state index contributed by atoms with van der Waals surface area (Å²) in [5.74, 6) is -1.02. The zero-order valence-corrected chi connectivity index (χ0v) is 14.1. The Bertz CT molecular complexity index is 610. The Morgan fingerprint density at radius 1 is 1.09 bits per heavy atom. The van der Waals surface area contributed by atoms with E-state index < -0.39 is 17.7 Å². The van der Waals surface area contributed by atoms with E-state index in [9.17, 15) is 8.78 Å². The third-order valence-corrected chi connectivity index (χ3v) is 4.94. The van der Waals surface area contributed by atoms with Gasteiger partial charge in [0.05, 0.1) is 10.4 Å². The molecule has 22 heavy (non-hydrogen) atoms. The Hall–Kier alpha value is -0.720. The molecule has 0 radical (unpaired) electrons. The summed E-state index contributed by atoms with van der Waals surface area (Å²) < 4.78 is 29.1. The molecule has 0 aliphatic carbocycles. The number of nitrogens with one attached hydrogen (secondary N) is 1. The van der Waals surface area contributed by atoms with E-state index in [0.29, 0.717) is 4.34 Å². The third kappa shape index (κ3) is 3.60. The highest BCUT2D eigenvalue weighted by molar-refractivity contribution is 7.16. The number of rotatable bonds is 3. The first-order valence-electron chi connectivity index (χ1n) is 6.81. The summed E-state index contributed by atoms with van der Waals surface area (Å²) in [6.45, 7) is 3.11. The second kappa shape index (κ2) is 7.70. The third-order valence-electron chi connectivity index (χ3n) is 3.65. The summed E-state index contributed by atoms with van der Waals surface area (Å²) in [7, 11) is 0. The van der Waals surface area contributed by atoms with Gasteiger partial charge < -0.3 is 5.32 Å². The predicted octanol–water partition coefficient (Wildman–Crippen LogP) is 4.10. The molecule has 1 aromatic heterocycles. The molecule has 0 saturated carbocycles. The maximum absolute atomic E-state index is 14.2. The van der Waals surface area contributed by atoms with Gasteiger partial charge in [-0.25, -0.2) is 8.78 Å². The molecule has 1 N–H and O–H groups in total. The fourth-order valence-electron chi connectivity index (χ4n) is 2.69. The molecule has 120 valence electrons. The largest absolute Gasteiger partial charge is 0.314 e. The summed E-state index contributed by atoms with van der Waals surface area (Å²) in [5, 5.41) is 3.26. The van der Waals surface area contributed by atoms with Gasteiger partial charge in [0.1, 0.15) is 11.6 Å². The van der Waals surface area contributed by atoms with Gasteiger partial charge in [0.25, 0.3) is 0 Å². The zero-order valence-electron chi connectivity index (χ0n) is 11.7. The van der Waals surface area contributed by atoms with Crippen molar-refractivity contribution in [3.05, 3.63) is 56.7 Å². The van der Waals surface area contributed by atoms with E-state index >= 15 is 0 Å². The number of nitrogens with zero attached hydrogens (tertiary/aromatic N) is 1. The van der Waals surface area contributed by atoms with Crippen LogP contribution in [-0.4, -0.2) is 31.1 Å². The molecule has 3 rings (SSSR count). The minimum Gasteiger partial charge on any atom is -0.314 e. The van der Waals surface area contributed by atoms with Gasteiger partial charge in [-0.3, -0.25) is 4.90 Å². The Morgan fingerprint density at radius 3 is 2.27 bits per heavy atom. The topological polar surface area (TPSA) is 15.3 Å². The minimum absolute atomic E-state index is 0. The summed E-state index contributed by atoms with van der Waals surface area (Å²) >= 11 is 7.38. The number of halogens is 4. The van der Waals surface area contributed by atoms with E-state index in [1.54, 1.807) is 6.07 Å². The van der Waals surface area contributed by atoms with Gasteiger partial charge in [-0.2, -0.15) is 0 Å². The fourth-order valence-corrected chi connectivity index (χ4v) is 3.90. The molecular formula is C15H16Cl2F2N2S. The molecule has 2 aromatic rings. The van der Waals surface area contributed by atoms with Crippen LogP contribution in [0.1, 0.15) is 16.5 Å². The molecule has 1 aliphatic rings. The van der Waals surface area contributed by atoms with Gasteiger partial charge in [-0.1, -0.05) is 17.7 Å². The van der Waals surface area contributed by atoms with Crippen molar-refractivity contribution >= 4 is 35.3 Å². The van der Waals surface area contributed by atoms with Crippen LogP contribution in [0.4, 0.5) is 8.78 Å². The summed E-state index contributed by atoms with van der Waals surface area (Å²) in [4.78, 5) is 2.96. The van der Waals surface area contributed by atoms with E-state index in [1.807, 2.05) is 6.07 Å². The van der Waals surface area contributed by atoms with Crippen molar-refractivity contribution in [3.8, 4) is 0 Å². The van der Waals surface area contributed by atoms with Gasteiger partial charge in [-0.15, -0.1) is 23.7 Å². The number of benzene rings is 1. The molecule has 1 fully saturated rings. The number of thiophene rings is 1. The Morgan fingerprint density at radius 2 is 1.73 bits per heavy atom. The minimum atomic E-state index is -0.511. The maximum atomic E-state index is 14.2. The van der Waals surface area contributed by atoms with E-state index in [2.05, 4.69) is 10.2 Å². The molecular weight excluding hydrogens is 349 g/mol. The lowest BCUT2D eigenvalue weighted by Crippen LogP contribution is -2.45. The monoisotopic (exact) mass is 364 g/mol. The van der Waals surface area contributed by atoms with Crippen LogP contribution in [0.15, 0.2) is 30.3 Å². The zero-order chi connectivity index (χ0) is 14.8. The standard InChI is InChI=1S/C15H15ClF2N2S.ClH/c16-13-5-4-12(21-13)15(20-8-6-19-7-9-20)14-10(17)2-1-3-11(14)18;/h1-5,15,19H,6-9H2;1H/t15-;/m0./s1. The molecule has 2 nitrogen and oxygen atoms in total. The van der Waals surface area contributed by atoms with Crippen molar-refractivity contribution in [3.63, 3.8) is 0 Å². The highest BCUT2D eigenvalue weighted by atomic mass is 35.5. The van der Waals surface area contributed by atoms with Gasteiger partial charge in [-0.05, 0) is 24.3 Å². The van der Waals surface area contributed by atoms with Crippen molar-refractivity contribution in [1.82, 2.24) is 10.2 Å². The number of piperazine rings is 1. The van der Waals surface area contributed by atoms with Crippen LogP contribution in [0.2, 0.25) is 4.34 Å². The second-order valence-electron chi connectivity index (χ2n) is 4.97. The molecule has 2 heterocycles. The van der Waals surface area contributed by atoms with Crippen LogP contribution in [0, 0.1) is 11.6 Å². The van der Waals surface area contributed by atoms with Gasteiger partial charge in [0.15, 0.2) is 0 Å². The average Bonchev–Trinajstić information content (AvgIpc) is 2.90. The van der Waals surface area contributed by atoms with Gasteiger partial charge in [0.2, 0.25) is 0 Å². The number of hydrogen-bond donors (Lipinski definition) is 1. The van der Waals surface area contributed by atoms with Crippen molar-refractivity contribution in [2.24, 2.45) is 0 Å². The van der Waals surface area contributed by atoms with Crippen LogP contribution in [0.3, 0.4) is 0 Å². The average molecular weight is 365 g/mol. The lowest BCUT2D eigenvalue weighted by atomic mass is 10.0. The molecule has 0 spiro atoms. The van der Waals surface area contributed by atoms with E-state index in [1.165, 1.54) is 29.5 Å². The molecule has 1 saturated heterocycles. The molecule has 7 heteroatoms. The van der Waals surface area contributed by atoms with Crippen LogP contribution in [-0.2, 0) is 0 Å². The van der Waals surface area contributed by atoms with Crippen molar-refractivity contribution < 1.29 is 8.78 Å². The fraction of sp³-hybridized carbons (Fsp3) is 0.333. The normalized spacial score (nSPS) is 17.0. The van der Waals surface area contributed by atoms with Crippen LogP contribution in [0.5, 0.6) is 0 Å². The van der Waals surface area contributed by atoms with Crippen LogP contribution < -0.4 is 5.32 Å². The van der Waals surface area contributed by atoms with Gasteiger partial charge in [0, 0.05) is 36.6 Å². The first kappa shape index (κ1) is 17.6. The smallest absolute Gasteiger partial charge is 0.131 e. The Balaban J connectivity index is 0.00000176. The highest BCUT2D eigenvalue weighted by Crippen LogP contribution is 2.37. The Labute approximate surface area is 143 Å². The van der Waals surface area contributed by atoms with Crippen molar-refractivity contribution in [1.29, 1.82) is 0 Å². The molecule has 0 unspecified atom stereocenters. The first-order valence-corrected chi connectivity index (χ1v) is 8.00. The lowest BCUT2D eigenvalue weighted by Gasteiger charge is -2.35. The quantitative estimate of drug-likeness (QED) is 0.881.